The van der Waals surface area contributed by atoms with E-state index in [1.807, 2.05) is 0 Å². The Labute approximate surface area is 159 Å². The average Bonchev–Trinajstić information content (AvgIpc) is 2.86. The molecule has 0 aromatic carbocycles. The minimum atomic E-state index is -1.74. The van der Waals surface area contributed by atoms with Crippen molar-refractivity contribution < 1.29 is 18.8 Å². The molecule has 1 aliphatic carbocycles. The lowest BCUT2D eigenvalue weighted by Gasteiger charge is -2.41. The van der Waals surface area contributed by atoms with E-state index < -0.39 is 8.32 Å². The Morgan fingerprint density at radius 3 is 2.46 bits per heavy atom. The van der Waals surface area contributed by atoms with E-state index in [0.717, 1.165) is 25.7 Å². The van der Waals surface area contributed by atoms with E-state index in [0.29, 0.717) is 30.5 Å². The van der Waals surface area contributed by atoms with Crippen LogP contribution in [-0.2, 0) is 18.8 Å². The van der Waals surface area contributed by atoms with Crippen LogP contribution in [0.2, 0.25) is 19.6 Å². The van der Waals surface area contributed by atoms with Crippen LogP contribution in [0.5, 0.6) is 0 Å². The fourth-order valence-electron chi connectivity index (χ4n) is 5.76. The number of hydrogen-bond acceptors (Lipinski definition) is 4. The molecule has 0 spiro atoms. The molecule has 0 unspecified atom stereocenters. The number of carbonyl (C=O) groups is 2. The molecule has 148 valence electrons. The molecule has 1 saturated carbocycles. The monoisotopic (exact) mass is 380 g/mol. The molecule has 3 aliphatic rings. The maximum Gasteiger partial charge on any atom is 0.184 e. The summed E-state index contributed by atoms with van der Waals surface area (Å²) in [5.74, 6) is 1.35. The predicted molar refractivity (Wildman–Crippen MR) is 105 cm³/mol. The molecule has 0 aromatic rings. The van der Waals surface area contributed by atoms with Gasteiger partial charge in [-0.2, -0.15) is 0 Å². The first-order chi connectivity index (χ1) is 12.0. The van der Waals surface area contributed by atoms with Gasteiger partial charge in [-0.25, -0.2) is 0 Å². The van der Waals surface area contributed by atoms with Gasteiger partial charge in [0.25, 0.3) is 0 Å². The summed E-state index contributed by atoms with van der Waals surface area (Å²) < 4.78 is 12.9. The zero-order chi connectivity index (χ0) is 19.3. The maximum atomic E-state index is 12.9. The number of rotatable bonds is 3. The van der Waals surface area contributed by atoms with E-state index in [4.69, 9.17) is 9.16 Å². The largest absolute Gasteiger partial charge is 0.412 e. The molecule has 6 atom stereocenters. The Hall–Kier alpha value is -0.523. The lowest BCUT2D eigenvalue weighted by molar-refractivity contribution is -0.132. The average molecular weight is 381 g/mol. The second-order valence-electron chi connectivity index (χ2n) is 10.3. The van der Waals surface area contributed by atoms with Gasteiger partial charge in [0.15, 0.2) is 14.1 Å². The second kappa shape index (κ2) is 7.14. The summed E-state index contributed by atoms with van der Waals surface area (Å²) in [7, 11) is -1.74. The molecule has 2 bridgehead atoms. The van der Waals surface area contributed by atoms with Crippen LogP contribution in [0.3, 0.4) is 0 Å². The number of Topliss-reactive ketones (excluding diaryl/α,β-unsaturated/α-hetero) is 2. The van der Waals surface area contributed by atoms with E-state index in [1.54, 1.807) is 0 Å². The van der Waals surface area contributed by atoms with Crippen molar-refractivity contribution in [2.45, 2.75) is 96.7 Å². The third-order valence-corrected chi connectivity index (χ3v) is 7.67. The van der Waals surface area contributed by atoms with Gasteiger partial charge in [-0.15, -0.1) is 0 Å². The first-order valence-electron chi connectivity index (χ1n) is 10.4. The van der Waals surface area contributed by atoms with Crippen molar-refractivity contribution in [2.24, 2.45) is 23.7 Å². The molecule has 0 aromatic heterocycles. The molecule has 3 fully saturated rings. The minimum Gasteiger partial charge on any atom is -0.412 e. The Morgan fingerprint density at radius 2 is 1.85 bits per heavy atom. The molecule has 0 amide bonds. The molecule has 4 nitrogen and oxygen atoms in total. The van der Waals surface area contributed by atoms with Crippen molar-refractivity contribution in [2.75, 3.05) is 0 Å². The van der Waals surface area contributed by atoms with Gasteiger partial charge in [-0.05, 0) is 57.7 Å². The van der Waals surface area contributed by atoms with Crippen LogP contribution < -0.4 is 0 Å². The highest BCUT2D eigenvalue weighted by Gasteiger charge is 2.57. The number of fused-ring (bicyclic) bond motifs is 5. The summed E-state index contributed by atoms with van der Waals surface area (Å²) >= 11 is 0. The van der Waals surface area contributed by atoms with E-state index in [2.05, 4.69) is 40.4 Å². The molecular formula is C21H36O4Si. The Kier molecular flexibility index (Phi) is 5.55. The lowest BCUT2D eigenvalue weighted by Crippen LogP contribution is -2.47. The van der Waals surface area contributed by atoms with Gasteiger partial charge in [0.05, 0.1) is 17.6 Å². The highest BCUT2D eigenvalue weighted by atomic mass is 28.4. The van der Waals surface area contributed by atoms with Gasteiger partial charge in [-0.3, -0.25) is 9.59 Å². The summed E-state index contributed by atoms with van der Waals surface area (Å²) in [5.41, 5.74) is -0.301. The van der Waals surface area contributed by atoms with Crippen molar-refractivity contribution in [1.29, 1.82) is 0 Å². The van der Waals surface area contributed by atoms with Crippen LogP contribution in [-0.4, -0.2) is 37.7 Å². The summed E-state index contributed by atoms with van der Waals surface area (Å²) in [6, 6.07) is 0. The molecule has 2 heterocycles. The zero-order valence-electron chi connectivity index (χ0n) is 17.3. The van der Waals surface area contributed by atoms with E-state index in [9.17, 15) is 9.59 Å². The summed E-state index contributed by atoms with van der Waals surface area (Å²) in [5, 5.41) is 0. The number of ether oxygens (including phenoxy) is 1. The summed E-state index contributed by atoms with van der Waals surface area (Å²) in [6.07, 6.45) is 4.00. The van der Waals surface area contributed by atoms with Crippen molar-refractivity contribution in [1.82, 2.24) is 0 Å². The van der Waals surface area contributed by atoms with E-state index >= 15 is 0 Å². The van der Waals surface area contributed by atoms with Gasteiger partial charge >= 0.3 is 0 Å². The molecular weight excluding hydrogens is 344 g/mol. The van der Waals surface area contributed by atoms with E-state index in [-0.39, 0.29) is 35.4 Å². The fourth-order valence-corrected chi connectivity index (χ4v) is 7.43. The van der Waals surface area contributed by atoms with Crippen molar-refractivity contribution in [3.63, 3.8) is 0 Å². The van der Waals surface area contributed by atoms with Gasteiger partial charge in [0, 0.05) is 25.2 Å². The highest BCUT2D eigenvalue weighted by Crippen LogP contribution is 2.50. The first kappa shape index (κ1) is 20.2. The molecule has 0 radical (unpaired) electrons. The molecule has 0 N–H and O–H groups in total. The van der Waals surface area contributed by atoms with Gasteiger partial charge in [0.1, 0.15) is 11.9 Å². The Bertz CT molecular complexity index is 567. The molecule has 2 aliphatic heterocycles. The minimum absolute atomic E-state index is 0.0722. The van der Waals surface area contributed by atoms with Crippen molar-refractivity contribution in [3.05, 3.63) is 0 Å². The normalized spacial score (nSPS) is 41.6. The van der Waals surface area contributed by atoms with Gasteiger partial charge < -0.3 is 9.16 Å². The number of carbonyl (C=O) groups excluding carboxylic acids is 2. The van der Waals surface area contributed by atoms with Gasteiger partial charge in [0.2, 0.25) is 0 Å². The highest BCUT2D eigenvalue weighted by molar-refractivity contribution is 6.69. The van der Waals surface area contributed by atoms with E-state index in [1.165, 1.54) is 0 Å². The second-order valence-corrected chi connectivity index (χ2v) is 14.7. The van der Waals surface area contributed by atoms with Crippen LogP contribution in [0.15, 0.2) is 0 Å². The maximum absolute atomic E-state index is 12.9. The lowest BCUT2D eigenvalue weighted by atomic mass is 9.63. The Balaban J connectivity index is 1.94. The van der Waals surface area contributed by atoms with Crippen LogP contribution in [0.4, 0.5) is 0 Å². The standard InChI is InChI=1S/C21H36O4Si/c1-13(2)14-9-10-15(22)19-17-12-21(3,25-26(4,5)6)11-7-8-16(23)20(24-17)18(14)19/h13-14,17-20H,7-12H2,1-6H3/t14-,17-,18-,19-,20+,21+/m1/s1. The topological polar surface area (TPSA) is 52.6 Å². The molecule has 2 saturated heterocycles. The summed E-state index contributed by atoms with van der Waals surface area (Å²) in [6.45, 7) is 13.2. The molecule has 5 heteroatoms. The molecule has 3 rings (SSSR count). The quantitative estimate of drug-likeness (QED) is 0.682. The molecule has 26 heavy (non-hydrogen) atoms. The third-order valence-electron chi connectivity index (χ3n) is 6.56. The SMILES string of the molecule is CC(C)[C@H]1CCC(=O)[C@H]2[C@@H]1[C@H]1O[C@@H]2C[C@@](C)(O[Si](C)(C)C)CCCC1=O. The smallest absolute Gasteiger partial charge is 0.184 e. The fraction of sp³-hybridized carbons (Fsp3) is 0.905. The zero-order valence-corrected chi connectivity index (χ0v) is 18.3. The summed E-state index contributed by atoms with van der Waals surface area (Å²) in [4.78, 5) is 25.8. The van der Waals surface area contributed by atoms with Crippen LogP contribution in [0, 0.1) is 23.7 Å². The van der Waals surface area contributed by atoms with Gasteiger partial charge in [-0.1, -0.05) is 13.8 Å². The first-order valence-corrected chi connectivity index (χ1v) is 13.8. The Morgan fingerprint density at radius 1 is 1.15 bits per heavy atom. The number of ketones is 2. The van der Waals surface area contributed by atoms with Crippen LogP contribution in [0.1, 0.15) is 59.3 Å². The van der Waals surface area contributed by atoms with Crippen molar-refractivity contribution >= 4 is 19.9 Å². The van der Waals surface area contributed by atoms with Crippen molar-refractivity contribution in [3.8, 4) is 0 Å². The predicted octanol–water partition coefficient (Wildman–Crippen LogP) is 4.37. The number of hydrogen-bond donors (Lipinski definition) is 0. The van der Waals surface area contributed by atoms with Crippen LogP contribution >= 0.6 is 0 Å². The van der Waals surface area contributed by atoms with Crippen LogP contribution in [0.25, 0.3) is 0 Å². The third kappa shape index (κ3) is 4.00.